The molecule has 0 saturated carbocycles. The Kier molecular flexibility index (Phi) is 6.76. The van der Waals surface area contributed by atoms with E-state index < -0.39 is 5.97 Å². The summed E-state index contributed by atoms with van der Waals surface area (Å²) < 4.78 is 12.3. The van der Waals surface area contributed by atoms with Gasteiger partial charge in [-0.3, -0.25) is 14.5 Å². The zero-order valence-corrected chi connectivity index (χ0v) is 20.3. The van der Waals surface area contributed by atoms with Crippen LogP contribution in [0.4, 0.5) is 5.13 Å². The lowest BCUT2D eigenvalue weighted by atomic mass is 10.1. The number of carboxylic acids is 1. The van der Waals surface area contributed by atoms with Crippen molar-refractivity contribution >= 4 is 50.8 Å². The summed E-state index contributed by atoms with van der Waals surface area (Å²) in [7, 11) is 3.07. The number of hydrogen-bond donors (Lipinski definition) is 1. The van der Waals surface area contributed by atoms with Crippen LogP contribution in [0, 0.1) is 0 Å². The van der Waals surface area contributed by atoms with Crippen molar-refractivity contribution in [2.75, 3.05) is 25.7 Å². The van der Waals surface area contributed by atoms with Gasteiger partial charge in [0.05, 0.1) is 24.9 Å². The lowest BCUT2D eigenvalue weighted by Gasteiger charge is -2.19. The monoisotopic (exact) mass is 499 g/mol. The molecular formula is C24H22ClN3O5S. The van der Waals surface area contributed by atoms with E-state index >= 15 is 0 Å². The third-order valence-corrected chi connectivity index (χ3v) is 6.52. The average Bonchev–Trinajstić information content (AvgIpc) is 3.44. The third kappa shape index (κ3) is 4.32. The minimum atomic E-state index is -1.03. The van der Waals surface area contributed by atoms with E-state index in [0.29, 0.717) is 45.0 Å². The molecule has 0 radical (unpaired) electrons. The highest BCUT2D eigenvalue weighted by Gasteiger charge is 2.25. The number of benzene rings is 2. The van der Waals surface area contributed by atoms with Gasteiger partial charge in [0, 0.05) is 34.5 Å². The highest BCUT2D eigenvalue weighted by Crippen LogP contribution is 2.40. The normalized spacial score (nSPS) is 10.9. The van der Waals surface area contributed by atoms with E-state index in [-0.39, 0.29) is 18.1 Å². The van der Waals surface area contributed by atoms with Crippen molar-refractivity contribution in [1.29, 1.82) is 0 Å². The Morgan fingerprint density at radius 2 is 1.88 bits per heavy atom. The second-order valence-corrected chi connectivity index (χ2v) is 8.56. The number of amides is 1. The topological polar surface area (TPSA) is 93.9 Å². The van der Waals surface area contributed by atoms with Gasteiger partial charge in [-0.2, -0.15) is 0 Å². The van der Waals surface area contributed by atoms with Gasteiger partial charge in [0.25, 0.3) is 5.91 Å². The van der Waals surface area contributed by atoms with Gasteiger partial charge in [0.15, 0.2) is 5.13 Å². The molecule has 2 aromatic carbocycles. The van der Waals surface area contributed by atoms with Crippen molar-refractivity contribution in [2.24, 2.45) is 0 Å². The molecule has 0 bridgehead atoms. The highest BCUT2D eigenvalue weighted by atomic mass is 35.5. The summed E-state index contributed by atoms with van der Waals surface area (Å²) in [4.78, 5) is 31.3. The zero-order chi connectivity index (χ0) is 24.4. The summed E-state index contributed by atoms with van der Waals surface area (Å²) >= 11 is 7.52. The molecular weight excluding hydrogens is 478 g/mol. The Balaban J connectivity index is 1.74. The number of aromatic nitrogens is 2. The molecule has 2 heterocycles. The Morgan fingerprint density at radius 3 is 2.56 bits per heavy atom. The maximum atomic E-state index is 13.6. The molecule has 0 fully saturated rings. The summed E-state index contributed by atoms with van der Waals surface area (Å²) in [5.41, 5.74) is 2.24. The van der Waals surface area contributed by atoms with Gasteiger partial charge in [-0.15, -0.1) is 11.3 Å². The molecule has 0 atom stereocenters. The predicted molar refractivity (Wildman–Crippen MR) is 133 cm³/mol. The number of thiazole rings is 1. The first-order valence-electron chi connectivity index (χ1n) is 10.4. The van der Waals surface area contributed by atoms with E-state index in [9.17, 15) is 14.7 Å². The fraction of sp³-hybridized carbons (Fsp3) is 0.208. The SMILES string of the molecule is CCN(C(=O)c1cc2ccccc2n1CC(=O)O)c1nc(-c2cc(OC)c(Cl)cc2OC)cs1. The number of methoxy groups -OCH3 is 2. The molecule has 0 aliphatic carbocycles. The third-order valence-electron chi connectivity index (χ3n) is 5.36. The van der Waals surface area contributed by atoms with E-state index in [1.54, 1.807) is 24.3 Å². The number of ether oxygens (including phenoxy) is 2. The number of carbonyl (C=O) groups is 2. The molecule has 34 heavy (non-hydrogen) atoms. The molecule has 8 nitrogen and oxygen atoms in total. The van der Waals surface area contributed by atoms with E-state index in [0.717, 1.165) is 5.39 Å². The number of rotatable bonds is 8. The molecule has 0 unspecified atom stereocenters. The van der Waals surface area contributed by atoms with Crippen LogP contribution in [0.1, 0.15) is 17.4 Å². The van der Waals surface area contributed by atoms with Crippen molar-refractivity contribution in [2.45, 2.75) is 13.5 Å². The first kappa shape index (κ1) is 23.6. The maximum Gasteiger partial charge on any atom is 0.323 e. The van der Waals surface area contributed by atoms with Crippen LogP contribution in [0.3, 0.4) is 0 Å². The van der Waals surface area contributed by atoms with Gasteiger partial charge >= 0.3 is 5.97 Å². The predicted octanol–water partition coefficient (Wildman–Crippen LogP) is 5.19. The Bertz CT molecular complexity index is 1380. The fourth-order valence-corrected chi connectivity index (χ4v) is 4.89. The first-order chi connectivity index (χ1) is 16.4. The van der Waals surface area contributed by atoms with Crippen LogP contribution < -0.4 is 14.4 Å². The minimum Gasteiger partial charge on any atom is -0.496 e. The van der Waals surface area contributed by atoms with Crippen LogP contribution in [0.2, 0.25) is 5.02 Å². The molecule has 4 aromatic rings. The van der Waals surface area contributed by atoms with Gasteiger partial charge in [-0.05, 0) is 25.1 Å². The standard InChI is InChI=1S/C24H22ClN3O5S/c1-4-27(23(31)19-9-14-7-5-6-8-18(14)28(19)12-22(29)30)24-26-17(13-34-24)15-10-21(33-3)16(25)11-20(15)32-2/h5-11,13H,4,12H2,1-3H3,(H,29,30). The molecule has 1 amide bonds. The molecule has 0 spiro atoms. The van der Waals surface area contributed by atoms with Crippen molar-refractivity contribution < 1.29 is 24.2 Å². The van der Waals surface area contributed by atoms with Crippen LogP contribution >= 0.6 is 22.9 Å². The number of anilines is 1. The average molecular weight is 500 g/mol. The number of carboxylic acid groups (broad SMARTS) is 1. The van der Waals surface area contributed by atoms with E-state index in [2.05, 4.69) is 4.98 Å². The van der Waals surface area contributed by atoms with Crippen molar-refractivity contribution in [3.63, 3.8) is 0 Å². The molecule has 0 saturated heterocycles. The Labute approximate surface area is 204 Å². The summed E-state index contributed by atoms with van der Waals surface area (Å²) in [5, 5.41) is 12.9. The second kappa shape index (κ2) is 9.74. The first-order valence-corrected chi connectivity index (χ1v) is 11.6. The lowest BCUT2D eigenvalue weighted by molar-refractivity contribution is -0.137. The van der Waals surface area contributed by atoms with Crippen LogP contribution in [-0.4, -0.2) is 47.3 Å². The molecule has 176 valence electrons. The van der Waals surface area contributed by atoms with Crippen LogP contribution in [0.5, 0.6) is 11.5 Å². The number of halogens is 1. The largest absolute Gasteiger partial charge is 0.496 e. The summed E-state index contributed by atoms with van der Waals surface area (Å²) in [6.07, 6.45) is 0. The van der Waals surface area contributed by atoms with E-state index in [1.165, 1.54) is 35.0 Å². The fourth-order valence-electron chi connectivity index (χ4n) is 3.77. The number of nitrogens with zero attached hydrogens (tertiary/aromatic N) is 3. The number of para-hydroxylation sites is 1. The van der Waals surface area contributed by atoms with Gasteiger partial charge in [0.2, 0.25) is 0 Å². The number of hydrogen-bond acceptors (Lipinski definition) is 6. The maximum absolute atomic E-state index is 13.6. The Hall–Kier alpha value is -3.56. The second-order valence-electron chi connectivity index (χ2n) is 7.32. The minimum absolute atomic E-state index is 0.285. The van der Waals surface area contributed by atoms with Crippen molar-refractivity contribution in [1.82, 2.24) is 9.55 Å². The smallest absolute Gasteiger partial charge is 0.323 e. The molecule has 4 rings (SSSR count). The molecule has 1 N–H and O–H groups in total. The number of aliphatic carboxylic acids is 1. The molecule has 2 aromatic heterocycles. The van der Waals surface area contributed by atoms with Crippen LogP contribution in [0.15, 0.2) is 47.8 Å². The molecule has 10 heteroatoms. The summed E-state index contributed by atoms with van der Waals surface area (Å²) in [6.45, 7) is 1.87. The zero-order valence-electron chi connectivity index (χ0n) is 18.7. The van der Waals surface area contributed by atoms with Crippen LogP contribution in [0.25, 0.3) is 22.2 Å². The highest BCUT2D eigenvalue weighted by molar-refractivity contribution is 7.14. The lowest BCUT2D eigenvalue weighted by Crippen LogP contribution is -2.32. The van der Waals surface area contributed by atoms with Gasteiger partial charge in [-0.1, -0.05) is 29.8 Å². The van der Waals surface area contributed by atoms with Gasteiger partial charge < -0.3 is 19.1 Å². The van der Waals surface area contributed by atoms with Crippen LogP contribution in [-0.2, 0) is 11.3 Å². The summed E-state index contributed by atoms with van der Waals surface area (Å²) in [6, 6.07) is 12.4. The number of carbonyl (C=O) groups excluding carboxylic acids is 1. The summed E-state index contributed by atoms with van der Waals surface area (Å²) in [5.74, 6) is -0.354. The Morgan fingerprint density at radius 1 is 1.15 bits per heavy atom. The number of fused-ring (bicyclic) bond motifs is 1. The van der Waals surface area contributed by atoms with Gasteiger partial charge in [0.1, 0.15) is 23.7 Å². The quantitative estimate of drug-likeness (QED) is 0.358. The van der Waals surface area contributed by atoms with Gasteiger partial charge in [-0.25, -0.2) is 4.98 Å². The van der Waals surface area contributed by atoms with E-state index in [1.807, 2.05) is 30.5 Å². The molecule has 0 aliphatic heterocycles. The van der Waals surface area contributed by atoms with E-state index in [4.69, 9.17) is 21.1 Å². The molecule has 0 aliphatic rings. The van der Waals surface area contributed by atoms with Crippen molar-refractivity contribution in [3.8, 4) is 22.8 Å². The van der Waals surface area contributed by atoms with Crippen molar-refractivity contribution in [3.05, 3.63) is 58.6 Å².